The van der Waals surface area contributed by atoms with Crippen molar-refractivity contribution in [2.75, 3.05) is 31.6 Å². The van der Waals surface area contributed by atoms with Gasteiger partial charge in [-0.15, -0.1) is 0 Å². The number of phenolic OH excluding ortho intramolecular Hbond substituents is 1. The average Bonchev–Trinajstić information content (AvgIpc) is 2.99. The van der Waals surface area contributed by atoms with Crippen LogP contribution in [0.1, 0.15) is 104 Å². The molecule has 0 saturated carbocycles. The van der Waals surface area contributed by atoms with Gasteiger partial charge in [0, 0.05) is 44.3 Å². The number of ether oxygens (including phenoxy) is 1. The summed E-state index contributed by atoms with van der Waals surface area (Å²) in [5.41, 5.74) is 0.00636. The number of aromatic amines is 1. The Bertz CT molecular complexity index is 1190. The van der Waals surface area contributed by atoms with Crippen molar-refractivity contribution in [1.29, 1.82) is 0 Å². The lowest BCUT2D eigenvalue weighted by atomic mass is 10.0. The highest BCUT2D eigenvalue weighted by molar-refractivity contribution is 5.94. The number of aromatic nitrogens is 2. The van der Waals surface area contributed by atoms with Gasteiger partial charge in [-0.05, 0) is 57.9 Å². The lowest BCUT2D eigenvalue weighted by molar-refractivity contribution is 0.101. The lowest BCUT2D eigenvalue weighted by Gasteiger charge is -2.44. The Morgan fingerprint density at radius 3 is 2.14 bits per heavy atom. The van der Waals surface area contributed by atoms with E-state index in [9.17, 15) is 14.0 Å². The number of allylic oxidation sites excluding steroid dienone is 1. The first-order valence-corrected chi connectivity index (χ1v) is 15.4. The van der Waals surface area contributed by atoms with Crippen LogP contribution in [-0.2, 0) is 4.74 Å². The number of aliphatic imine (C=N–C) groups is 1. The molecule has 1 atom stereocenters. The van der Waals surface area contributed by atoms with E-state index in [4.69, 9.17) is 9.84 Å². The first-order chi connectivity index (χ1) is 20.5. The molecule has 3 rings (SSSR count). The lowest BCUT2D eigenvalue weighted by Crippen LogP contribution is -2.56. The van der Waals surface area contributed by atoms with Crippen LogP contribution in [-0.4, -0.2) is 70.4 Å². The van der Waals surface area contributed by atoms with Crippen molar-refractivity contribution >= 4 is 17.5 Å². The van der Waals surface area contributed by atoms with E-state index in [0.29, 0.717) is 30.5 Å². The standard InChI is InChI=1S/C21H34FN5O2.C8H8O2.2C2H6/c1-7-9-16(10-8-2)27-12-11-26(13-15(27)5)19-20(28)24-17(18(22)25-19)21(23-6)29-14(3)4;1-6(9)7-2-4-8(10)5-3-7;2*1-2/h15-16H,3,7-13H2,1-2,4-6H3,(H,24,28);2-5,10H,1H3;2*1-2H3. The van der Waals surface area contributed by atoms with E-state index in [0.717, 1.165) is 19.4 Å². The van der Waals surface area contributed by atoms with Gasteiger partial charge in [-0.2, -0.15) is 9.37 Å². The number of anilines is 1. The third-order valence-corrected chi connectivity index (χ3v) is 6.50. The second-order valence-corrected chi connectivity index (χ2v) is 9.76. The zero-order valence-electron chi connectivity index (χ0n) is 28.0. The Labute approximate surface area is 257 Å². The van der Waals surface area contributed by atoms with Crippen molar-refractivity contribution in [2.45, 2.75) is 100 Å². The van der Waals surface area contributed by atoms with Crippen LogP contribution in [0.3, 0.4) is 0 Å². The molecule has 0 amide bonds. The summed E-state index contributed by atoms with van der Waals surface area (Å²) in [6.07, 6.45) is 4.64. The van der Waals surface area contributed by atoms with E-state index in [-0.39, 0.29) is 35.0 Å². The van der Waals surface area contributed by atoms with Crippen LogP contribution in [0.4, 0.5) is 10.2 Å². The van der Waals surface area contributed by atoms with Crippen LogP contribution >= 0.6 is 0 Å². The maximum absolute atomic E-state index is 14.7. The third-order valence-electron chi connectivity index (χ3n) is 6.50. The molecule has 0 radical (unpaired) electrons. The molecule has 242 valence electrons. The minimum atomic E-state index is -0.814. The number of rotatable bonds is 9. The van der Waals surface area contributed by atoms with Gasteiger partial charge in [-0.25, -0.2) is 0 Å². The van der Waals surface area contributed by atoms with Gasteiger partial charge in [0.25, 0.3) is 5.56 Å². The SMILES string of the molecule is C=C(C)OC(=NC)c1[nH]c(=O)c(N2CCN(C(CCC)CCC)C(C)C2)nc1F.CC.CC.CC(=O)c1ccc(O)cc1. The van der Waals surface area contributed by atoms with Gasteiger partial charge in [0.05, 0.1) is 5.76 Å². The van der Waals surface area contributed by atoms with Crippen LogP contribution in [0.25, 0.3) is 0 Å². The predicted molar refractivity (Wildman–Crippen MR) is 176 cm³/mol. The first kappa shape index (κ1) is 39.5. The number of carbonyl (C=O) groups is 1. The summed E-state index contributed by atoms with van der Waals surface area (Å²) in [5.74, 6) is -0.220. The molecule has 0 spiro atoms. The highest BCUT2D eigenvalue weighted by atomic mass is 19.1. The van der Waals surface area contributed by atoms with Crippen LogP contribution in [0, 0.1) is 5.95 Å². The molecular weight excluding hydrogens is 549 g/mol. The van der Waals surface area contributed by atoms with Gasteiger partial charge < -0.3 is 19.7 Å². The van der Waals surface area contributed by atoms with E-state index in [2.05, 4.69) is 47.2 Å². The van der Waals surface area contributed by atoms with E-state index in [1.165, 1.54) is 38.9 Å². The molecule has 2 aromatic rings. The number of carbonyl (C=O) groups excluding carboxylic acids is 1. The van der Waals surface area contributed by atoms with Gasteiger partial charge in [0.15, 0.2) is 17.3 Å². The van der Waals surface area contributed by atoms with Crippen molar-refractivity contribution in [1.82, 2.24) is 14.9 Å². The number of benzene rings is 1. The fourth-order valence-electron chi connectivity index (χ4n) is 4.70. The molecule has 9 nitrogen and oxygen atoms in total. The molecule has 1 aliphatic rings. The number of hydrogen-bond donors (Lipinski definition) is 2. The fourth-order valence-corrected chi connectivity index (χ4v) is 4.70. The molecule has 1 aromatic heterocycles. The quantitative estimate of drug-likeness (QED) is 0.138. The Morgan fingerprint density at radius 1 is 1.14 bits per heavy atom. The minimum absolute atomic E-state index is 0.0139. The maximum atomic E-state index is 14.7. The molecule has 0 bridgehead atoms. The molecule has 10 heteroatoms. The van der Waals surface area contributed by atoms with Crippen LogP contribution in [0.15, 0.2) is 46.4 Å². The van der Waals surface area contributed by atoms with Crippen molar-refractivity contribution < 1.29 is 19.0 Å². The number of nitrogens with one attached hydrogen (secondary N) is 1. The normalized spacial score (nSPS) is 14.8. The molecule has 2 heterocycles. The molecule has 1 unspecified atom stereocenters. The topological polar surface area (TPSA) is 111 Å². The number of halogens is 1. The van der Waals surface area contributed by atoms with Gasteiger partial charge in [0.1, 0.15) is 5.75 Å². The molecule has 1 saturated heterocycles. The molecule has 1 aliphatic heterocycles. The number of Topliss-reactive ketones (excluding diaryl/α,β-unsaturated/α-hetero) is 1. The van der Waals surface area contributed by atoms with Crippen molar-refractivity contribution in [3.8, 4) is 5.75 Å². The number of hydrogen-bond acceptors (Lipinski definition) is 8. The van der Waals surface area contributed by atoms with E-state index < -0.39 is 11.5 Å². The summed E-state index contributed by atoms with van der Waals surface area (Å²) in [5, 5.41) is 8.83. The first-order valence-electron chi connectivity index (χ1n) is 15.4. The fraction of sp³-hybridized carbons (Fsp3) is 0.576. The highest BCUT2D eigenvalue weighted by Gasteiger charge is 2.31. The second-order valence-electron chi connectivity index (χ2n) is 9.76. The number of piperazine rings is 1. The van der Waals surface area contributed by atoms with Gasteiger partial charge in [0.2, 0.25) is 11.8 Å². The van der Waals surface area contributed by atoms with Gasteiger partial charge in [-0.3, -0.25) is 19.5 Å². The molecular formula is C33H54FN5O4. The smallest absolute Gasteiger partial charge is 0.291 e. The molecule has 1 fully saturated rings. The Morgan fingerprint density at radius 2 is 1.70 bits per heavy atom. The molecule has 43 heavy (non-hydrogen) atoms. The second kappa shape index (κ2) is 21.2. The van der Waals surface area contributed by atoms with Crippen molar-refractivity contribution in [3.05, 3.63) is 64.2 Å². The van der Waals surface area contributed by atoms with Crippen LogP contribution in [0.5, 0.6) is 5.75 Å². The van der Waals surface area contributed by atoms with E-state index >= 15 is 0 Å². The minimum Gasteiger partial charge on any atom is -0.508 e. The predicted octanol–water partition coefficient (Wildman–Crippen LogP) is 6.96. The third kappa shape index (κ3) is 12.7. The number of nitrogens with zero attached hydrogens (tertiary/aromatic N) is 4. The summed E-state index contributed by atoms with van der Waals surface area (Å²) in [7, 11) is 1.45. The summed E-state index contributed by atoms with van der Waals surface area (Å²) in [6.45, 7) is 23.4. The number of phenols is 1. The zero-order valence-corrected chi connectivity index (χ0v) is 28.0. The number of H-pyrrole nitrogens is 1. The van der Waals surface area contributed by atoms with Crippen LogP contribution < -0.4 is 10.5 Å². The van der Waals surface area contributed by atoms with Crippen molar-refractivity contribution in [3.63, 3.8) is 0 Å². The average molecular weight is 604 g/mol. The number of aromatic hydroxyl groups is 1. The summed E-state index contributed by atoms with van der Waals surface area (Å²) in [6, 6.07) is 6.99. The monoisotopic (exact) mass is 603 g/mol. The molecule has 1 aromatic carbocycles. The zero-order chi connectivity index (χ0) is 33.1. The largest absolute Gasteiger partial charge is 0.508 e. The highest BCUT2D eigenvalue weighted by Crippen LogP contribution is 2.22. The molecule has 2 N–H and O–H groups in total. The van der Waals surface area contributed by atoms with Crippen LogP contribution in [0.2, 0.25) is 0 Å². The van der Waals surface area contributed by atoms with Crippen molar-refractivity contribution in [2.24, 2.45) is 4.99 Å². The summed E-state index contributed by atoms with van der Waals surface area (Å²) in [4.78, 5) is 38.1. The number of ketones is 1. The summed E-state index contributed by atoms with van der Waals surface area (Å²) >= 11 is 0. The van der Waals surface area contributed by atoms with Gasteiger partial charge >= 0.3 is 0 Å². The Kier molecular flexibility index (Phi) is 19.5. The van der Waals surface area contributed by atoms with E-state index in [1.807, 2.05) is 32.6 Å². The maximum Gasteiger partial charge on any atom is 0.291 e. The van der Waals surface area contributed by atoms with E-state index in [1.54, 1.807) is 19.1 Å². The Balaban J connectivity index is 0.00000105. The summed E-state index contributed by atoms with van der Waals surface area (Å²) < 4.78 is 20.0. The Hall–Kier alpha value is -3.53. The molecule has 0 aliphatic carbocycles. The van der Waals surface area contributed by atoms with Gasteiger partial charge in [-0.1, -0.05) is 61.0 Å².